The molecule has 1 heterocycles. The number of rotatable bonds is 7. The van der Waals surface area contributed by atoms with Crippen molar-refractivity contribution in [2.75, 3.05) is 6.54 Å². The fraction of sp³-hybridized carbons (Fsp3) is 0.571. The van der Waals surface area contributed by atoms with Gasteiger partial charge in [0.25, 0.3) is 0 Å². The average Bonchev–Trinajstić information content (AvgIpc) is 3.15. The van der Waals surface area contributed by atoms with Crippen LogP contribution < -0.4 is 10.6 Å². The molecule has 0 atom stereocenters. The van der Waals surface area contributed by atoms with E-state index in [0.29, 0.717) is 12.5 Å². The highest BCUT2D eigenvalue weighted by atomic mass is 16.1. The molecule has 1 saturated carbocycles. The van der Waals surface area contributed by atoms with Crippen molar-refractivity contribution in [1.29, 1.82) is 0 Å². The Kier molecular flexibility index (Phi) is 4.70. The Bertz CT molecular complexity index is 402. The normalized spacial score (nSPS) is 14.5. The number of pyridine rings is 1. The van der Waals surface area contributed by atoms with Crippen molar-refractivity contribution in [2.24, 2.45) is 0 Å². The highest BCUT2D eigenvalue weighted by Crippen LogP contribution is 2.18. The molecule has 1 aliphatic rings. The van der Waals surface area contributed by atoms with Crippen molar-refractivity contribution in [2.45, 2.75) is 45.2 Å². The lowest BCUT2D eigenvalue weighted by Gasteiger charge is -2.06. The van der Waals surface area contributed by atoms with E-state index in [-0.39, 0.29) is 5.91 Å². The van der Waals surface area contributed by atoms with Crippen LogP contribution in [0.15, 0.2) is 18.3 Å². The minimum Gasteiger partial charge on any atom is -0.353 e. The summed E-state index contributed by atoms with van der Waals surface area (Å²) in [5.74, 6) is 0.188. The zero-order valence-corrected chi connectivity index (χ0v) is 10.9. The van der Waals surface area contributed by atoms with Crippen LogP contribution in [0.1, 0.15) is 36.9 Å². The SMILES string of the molecule is Cc1cccnc1CNCCCC(=O)NC1CC1. The van der Waals surface area contributed by atoms with E-state index in [0.717, 1.165) is 38.0 Å². The topological polar surface area (TPSA) is 54.0 Å². The number of carbonyl (C=O) groups is 1. The van der Waals surface area contributed by atoms with Gasteiger partial charge in [0.15, 0.2) is 0 Å². The Morgan fingerprint density at radius 3 is 3.06 bits per heavy atom. The summed E-state index contributed by atoms with van der Waals surface area (Å²) in [6.45, 7) is 3.69. The maximum atomic E-state index is 11.4. The van der Waals surface area contributed by atoms with Gasteiger partial charge in [-0.15, -0.1) is 0 Å². The quantitative estimate of drug-likeness (QED) is 0.719. The van der Waals surface area contributed by atoms with E-state index in [1.807, 2.05) is 12.3 Å². The van der Waals surface area contributed by atoms with Crippen molar-refractivity contribution >= 4 is 5.91 Å². The highest BCUT2D eigenvalue weighted by Gasteiger charge is 2.22. The molecule has 0 bridgehead atoms. The van der Waals surface area contributed by atoms with Crippen molar-refractivity contribution in [3.8, 4) is 0 Å². The molecule has 1 aliphatic carbocycles. The first-order valence-electron chi connectivity index (χ1n) is 6.66. The second-order valence-electron chi connectivity index (χ2n) is 4.89. The predicted octanol–water partition coefficient (Wildman–Crippen LogP) is 1.54. The molecular weight excluding hydrogens is 226 g/mol. The van der Waals surface area contributed by atoms with Crippen molar-refractivity contribution in [1.82, 2.24) is 15.6 Å². The number of nitrogens with one attached hydrogen (secondary N) is 2. The maximum absolute atomic E-state index is 11.4. The molecule has 0 aliphatic heterocycles. The van der Waals surface area contributed by atoms with E-state index in [1.165, 1.54) is 5.56 Å². The standard InChI is InChI=1S/C14H21N3O/c1-11-4-2-9-16-13(11)10-15-8-3-5-14(18)17-12-6-7-12/h2,4,9,12,15H,3,5-8,10H2,1H3,(H,17,18). The maximum Gasteiger partial charge on any atom is 0.220 e. The summed E-state index contributed by atoms with van der Waals surface area (Å²) in [5, 5.41) is 6.32. The van der Waals surface area contributed by atoms with Crippen LogP contribution in [0.5, 0.6) is 0 Å². The van der Waals surface area contributed by atoms with Crippen molar-refractivity contribution in [3.05, 3.63) is 29.6 Å². The fourth-order valence-corrected chi connectivity index (χ4v) is 1.81. The molecule has 0 spiro atoms. The van der Waals surface area contributed by atoms with Crippen LogP contribution in [0.3, 0.4) is 0 Å². The third-order valence-corrected chi connectivity index (χ3v) is 3.11. The molecule has 2 rings (SSSR count). The van der Waals surface area contributed by atoms with Crippen LogP contribution in [-0.2, 0) is 11.3 Å². The number of aryl methyl sites for hydroxylation is 1. The van der Waals surface area contributed by atoms with E-state index in [1.54, 1.807) is 0 Å². The highest BCUT2D eigenvalue weighted by molar-refractivity contribution is 5.76. The molecule has 1 aromatic rings. The number of hydrogen-bond acceptors (Lipinski definition) is 3. The lowest BCUT2D eigenvalue weighted by Crippen LogP contribution is -2.26. The van der Waals surface area contributed by atoms with Gasteiger partial charge in [-0.1, -0.05) is 6.07 Å². The summed E-state index contributed by atoms with van der Waals surface area (Å²) in [7, 11) is 0. The lowest BCUT2D eigenvalue weighted by atomic mass is 10.2. The van der Waals surface area contributed by atoms with Crippen LogP contribution >= 0.6 is 0 Å². The molecule has 2 N–H and O–H groups in total. The van der Waals surface area contributed by atoms with E-state index in [9.17, 15) is 4.79 Å². The van der Waals surface area contributed by atoms with Crippen LogP contribution in [0.2, 0.25) is 0 Å². The number of amides is 1. The Morgan fingerprint density at radius 1 is 1.50 bits per heavy atom. The average molecular weight is 247 g/mol. The number of carbonyl (C=O) groups excluding carboxylic acids is 1. The Hall–Kier alpha value is -1.42. The van der Waals surface area contributed by atoms with E-state index >= 15 is 0 Å². The molecule has 0 radical (unpaired) electrons. The van der Waals surface area contributed by atoms with Crippen molar-refractivity contribution < 1.29 is 4.79 Å². The second-order valence-corrected chi connectivity index (χ2v) is 4.89. The summed E-state index contributed by atoms with van der Waals surface area (Å²) in [4.78, 5) is 15.7. The molecular formula is C14H21N3O. The predicted molar refractivity (Wildman–Crippen MR) is 71.1 cm³/mol. The zero-order valence-electron chi connectivity index (χ0n) is 10.9. The van der Waals surface area contributed by atoms with E-state index < -0.39 is 0 Å². The molecule has 0 unspecified atom stereocenters. The molecule has 4 heteroatoms. The number of nitrogens with zero attached hydrogens (tertiary/aromatic N) is 1. The Balaban J connectivity index is 1.55. The molecule has 1 amide bonds. The molecule has 1 fully saturated rings. The summed E-state index contributed by atoms with van der Waals surface area (Å²) in [6.07, 6.45) is 5.62. The minimum absolute atomic E-state index is 0.188. The van der Waals surface area contributed by atoms with Gasteiger partial charge in [0.1, 0.15) is 0 Å². The first-order valence-corrected chi connectivity index (χ1v) is 6.66. The molecule has 0 aromatic carbocycles. The van der Waals surface area contributed by atoms with Gasteiger partial charge >= 0.3 is 0 Å². The molecule has 0 saturated heterocycles. The summed E-state index contributed by atoms with van der Waals surface area (Å²) in [6, 6.07) is 4.48. The van der Waals surface area contributed by atoms with Gasteiger partial charge in [0.2, 0.25) is 5.91 Å². The van der Waals surface area contributed by atoms with Gasteiger partial charge in [-0.05, 0) is 44.4 Å². The van der Waals surface area contributed by atoms with Gasteiger partial charge < -0.3 is 10.6 Å². The summed E-state index contributed by atoms with van der Waals surface area (Å²) >= 11 is 0. The summed E-state index contributed by atoms with van der Waals surface area (Å²) in [5.41, 5.74) is 2.29. The van der Waals surface area contributed by atoms with Crippen molar-refractivity contribution in [3.63, 3.8) is 0 Å². The zero-order chi connectivity index (χ0) is 12.8. The number of aromatic nitrogens is 1. The van der Waals surface area contributed by atoms with E-state index in [4.69, 9.17) is 0 Å². The summed E-state index contributed by atoms with van der Waals surface area (Å²) < 4.78 is 0. The van der Waals surface area contributed by atoms with Gasteiger partial charge in [-0.25, -0.2) is 0 Å². The molecule has 1 aromatic heterocycles. The lowest BCUT2D eigenvalue weighted by molar-refractivity contribution is -0.121. The largest absolute Gasteiger partial charge is 0.353 e. The fourth-order valence-electron chi connectivity index (χ4n) is 1.81. The third kappa shape index (κ3) is 4.45. The number of hydrogen-bond donors (Lipinski definition) is 2. The van der Waals surface area contributed by atoms with Crippen LogP contribution in [-0.4, -0.2) is 23.5 Å². The van der Waals surface area contributed by atoms with Crippen LogP contribution in [0, 0.1) is 6.92 Å². The van der Waals surface area contributed by atoms with Crippen LogP contribution in [0.25, 0.3) is 0 Å². The first kappa shape index (κ1) is 13.0. The third-order valence-electron chi connectivity index (χ3n) is 3.11. The van der Waals surface area contributed by atoms with E-state index in [2.05, 4.69) is 28.6 Å². The monoisotopic (exact) mass is 247 g/mol. The Morgan fingerprint density at radius 2 is 2.33 bits per heavy atom. The van der Waals surface area contributed by atoms with Crippen LogP contribution in [0.4, 0.5) is 0 Å². The molecule has 18 heavy (non-hydrogen) atoms. The van der Waals surface area contributed by atoms with Gasteiger partial charge in [0, 0.05) is 25.2 Å². The first-order chi connectivity index (χ1) is 8.75. The molecule has 4 nitrogen and oxygen atoms in total. The smallest absolute Gasteiger partial charge is 0.220 e. The second kappa shape index (κ2) is 6.50. The van der Waals surface area contributed by atoms with Gasteiger partial charge in [0.05, 0.1) is 5.69 Å². The molecule has 98 valence electrons. The van der Waals surface area contributed by atoms with Gasteiger partial charge in [-0.2, -0.15) is 0 Å². The van der Waals surface area contributed by atoms with Gasteiger partial charge in [-0.3, -0.25) is 9.78 Å². The Labute approximate surface area is 108 Å². The minimum atomic E-state index is 0.188.